The summed E-state index contributed by atoms with van der Waals surface area (Å²) >= 11 is 1.44. The van der Waals surface area contributed by atoms with Gasteiger partial charge in [0.1, 0.15) is 5.75 Å². The van der Waals surface area contributed by atoms with Gasteiger partial charge in [0.15, 0.2) is 5.13 Å². The summed E-state index contributed by atoms with van der Waals surface area (Å²) in [5.41, 5.74) is 2.32. The van der Waals surface area contributed by atoms with E-state index in [2.05, 4.69) is 22.4 Å². The van der Waals surface area contributed by atoms with Crippen molar-refractivity contribution < 1.29 is 9.53 Å². The molecule has 0 saturated carbocycles. The van der Waals surface area contributed by atoms with Gasteiger partial charge in [-0.15, -0.1) is 11.3 Å². The van der Waals surface area contributed by atoms with E-state index in [9.17, 15) is 4.79 Å². The Bertz CT molecular complexity index is 919. The number of anilines is 1. The topological polar surface area (TPSA) is 51.2 Å². The normalized spacial score (nSPS) is 12.4. The van der Waals surface area contributed by atoms with Crippen LogP contribution in [0.15, 0.2) is 60.0 Å². The van der Waals surface area contributed by atoms with E-state index < -0.39 is 5.41 Å². The van der Waals surface area contributed by atoms with Crippen LogP contribution in [0.25, 0.3) is 0 Å². The lowest BCUT2D eigenvalue weighted by molar-refractivity contribution is -0.124. The molecule has 0 aliphatic carbocycles. The molecule has 0 fully saturated rings. The molecule has 0 spiro atoms. The van der Waals surface area contributed by atoms with Crippen molar-refractivity contribution in [3.63, 3.8) is 0 Å². The number of methoxy groups -OCH3 is 1. The van der Waals surface area contributed by atoms with Crippen molar-refractivity contribution >= 4 is 22.4 Å². The first-order valence-electron chi connectivity index (χ1n) is 8.84. The van der Waals surface area contributed by atoms with Gasteiger partial charge in [-0.1, -0.05) is 56.3 Å². The van der Waals surface area contributed by atoms with E-state index in [1.54, 1.807) is 7.11 Å². The van der Waals surface area contributed by atoms with Gasteiger partial charge in [0.05, 0.1) is 18.2 Å². The molecule has 0 saturated heterocycles. The molecule has 4 nitrogen and oxygen atoms in total. The van der Waals surface area contributed by atoms with Crippen LogP contribution in [0.3, 0.4) is 0 Å². The van der Waals surface area contributed by atoms with Crippen LogP contribution in [0.4, 0.5) is 5.13 Å². The van der Waals surface area contributed by atoms with E-state index in [4.69, 9.17) is 4.74 Å². The summed E-state index contributed by atoms with van der Waals surface area (Å²) in [6, 6.07) is 18.0. The van der Waals surface area contributed by atoms with Crippen molar-refractivity contribution in [3.05, 3.63) is 76.8 Å². The molecule has 3 rings (SSSR count). The molecule has 0 aliphatic rings. The van der Waals surface area contributed by atoms with E-state index in [0.29, 0.717) is 5.13 Å². The lowest BCUT2D eigenvalue weighted by Gasteiger charge is -2.34. The van der Waals surface area contributed by atoms with E-state index in [1.807, 2.05) is 68.6 Å². The first-order chi connectivity index (χ1) is 12.9. The Kier molecular flexibility index (Phi) is 5.61. The highest BCUT2D eigenvalue weighted by Gasteiger charge is 2.39. The van der Waals surface area contributed by atoms with Gasteiger partial charge in [-0.25, -0.2) is 4.98 Å². The van der Waals surface area contributed by atoms with Crippen molar-refractivity contribution in [2.24, 2.45) is 5.41 Å². The zero-order valence-corrected chi connectivity index (χ0v) is 16.8. The molecular weight excluding hydrogens is 356 g/mol. The minimum atomic E-state index is -0.701. The van der Waals surface area contributed by atoms with Crippen LogP contribution in [0, 0.1) is 12.3 Å². The second-order valence-electron chi connectivity index (χ2n) is 7.09. The van der Waals surface area contributed by atoms with Crippen LogP contribution in [0.5, 0.6) is 5.75 Å². The van der Waals surface area contributed by atoms with Gasteiger partial charge in [0, 0.05) is 11.3 Å². The molecule has 2 aromatic carbocycles. The Morgan fingerprint density at radius 3 is 2.44 bits per heavy atom. The smallest absolute Gasteiger partial charge is 0.232 e. The van der Waals surface area contributed by atoms with Crippen molar-refractivity contribution in [2.75, 3.05) is 12.4 Å². The van der Waals surface area contributed by atoms with Gasteiger partial charge in [-0.05, 0) is 30.2 Å². The maximum atomic E-state index is 13.2. The second kappa shape index (κ2) is 7.92. The predicted molar refractivity (Wildman–Crippen MR) is 111 cm³/mol. The van der Waals surface area contributed by atoms with Crippen molar-refractivity contribution in [3.8, 4) is 5.75 Å². The number of nitrogens with one attached hydrogen (secondary N) is 1. The Morgan fingerprint density at radius 2 is 1.81 bits per heavy atom. The quantitative estimate of drug-likeness (QED) is 0.635. The van der Waals surface area contributed by atoms with E-state index >= 15 is 0 Å². The van der Waals surface area contributed by atoms with E-state index in [0.717, 1.165) is 22.6 Å². The minimum absolute atomic E-state index is 0.0616. The third-order valence-electron chi connectivity index (χ3n) is 4.71. The average molecular weight is 381 g/mol. The molecule has 1 heterocycles. The highest BCUT2D eigenvalue weighted by molar-refractivity contribution is 7.13. The fourth-order valence-electron chi connectivity index (χ4n) is 3.29. The van der Waals surface area contributed by atoms with Gasteiger partial charge >= 0.3 is 0 Å². The Hall–Kier alpha value is -2.66. The van der Waals surface area contributed by atoms with Crippen molar-refractivity contribution in [1.82, 2.24) is 4.98 Å². The van der Waals surface area contributed by atoms with Gasteiger partial charge in [-0.3, -0.25) is 4.79 Å². The Balaban J connectivity index is 2.01. The van der Waals surface area contributed by atoms with Crippen molar-refractivity contribution in [1.29, 1.82) is 0 Å². The number of aryl methyl sites for hydroxylation is 1. The molecule has 1 unspecified atom stereocenters. The molecule has 1 N–H and O–H groups in total. The maximum Gasteiger partial charge on any atom is 0.232 e. The maximum absolute atomic E-state index is 13.2. The lowest BCUT2D eigenvalue weighted by atomic mass is 9.70. The molecule has 140 valence electrons. The summed E-state index contributed by atoms with van der Waals surface area (Å²) in [5.74, 6) is 0.587. The lowest BCUT2D eigenvalue weighted by Crippen LogP contribution is -2.37. The van der Waals surface area contributed by atoms with Crippen LogP contribution in [-0.4, -0.2) is 18.0 Å². The number of hydrogen-bond donors (Lipinski definition) is 1. The van der Waals surface area contributed by atoms with Crippen LogP contribution >= 0.6 is 11.3 Å². The number of rotatable bonds is 6. The molecule has 1 aromatic heterocycles. The molecule has 5 heteroatoms. The van der Waals surface area contributed by atoms with Crippen LogP contribution in [0.1, 0.15) is 36.6 Å². The number of ether oxygens (including phenoxy) is 1. The van der Waals surface area contributed by atoms with Gasteiger partial charge in [0.25, 0.3) is 0 Å². The number of benzene rings is 2. The number of thiazole rings is 1. The number of carbonyl (C=O) groups is 1. The molecule has 1 atom stereocenters. The summed E-state index contributed by atoms with van der Waals surface area (Å²) < 4.78 is 5.40. The third-order valence-corrected chi connectivity index (χ3v) is 5.58. The predicted octanol–water partition coefficient (Wildman–Crippen LogP) is 5.26. The second-order valence-corrected chi connectivity index (χ2v) is 7.95. The van der Waals surface area contributed by atoms with Crippen LogP contribution < -0.4 is 10.1 Å². The fourth-order valence-corrected chi connectivity index (χ4v) is 3.98. The van der Waals surface area contributed by atoms with E-state index in [-0.39, 0.29) is 11.8 Å². The standard InChI is InChI=1S/C22H24N2O2S/c1-15-14-27-21(23-15)24-20(25)22(2,3)19(16-9-6-5-7-10-16)17-11-8-12-18(13-17)26-4/h5-14,19H,1-4H3,(H,23,24,25). The van der Waals surface area contributed by atoms with Gasteiger partial charge in [0.2, 0.25) is 5.91 Å². The largest absolute Gasteiger partial charge is 0.497 e. The van der Waals surface area contributed by atoms with Crippen molar-refractivity contribution in [2.45, 2.75) is 26.7 Å². The molecule has 27 heavy (non-hydrogen) atoms. The zero-order chi connectivity index (χ0) is 19.4. The number of amides is 1. The van der Waals surface area contributed by atoms with E-state index in [1.165, 1.54) is 11.3 Å². The molecule has 0 aliphatic heterocycles. The first-order valence-corrected chi connectivity index (χ1v) is 9.72. The third kappa shape index (κ3) is 4.19. The average Bonchev–Trinajstić information content (AvgIpc) is 3.07. The Morgan fingerprint density at radius 1 is 1.11 bits per heavy atom. The van der Waals surface area contributed by atoms with Crippen LogP contribution in [0.2, 0.25) is 0 Å². The Labute approximate surface area is 164 Å². The number of hydrogen-bond acceptors (Lipinski definition) is 4. The highest BCUT2D eigenvalue weighted by atomic mass is 32.1. The van der Waals surface area contributed by atoms with Crippen LogP contribution in [-0.2, 0) is 4.79 Å². The number of nitrogens with zero attached hydrogens (tertiary/aromatic N) is 1. The van der Waals surface area contributed by atoms with Gasteiger partial charge in [-0.2, -0.15) is 0 Å². The van der Waals surface area contributed by atoms with Gasteiger partial charge < -0.3 is 10.1 Å². The number of aromatic nitrogens is 1. The fraction of sp³-hybridized carbons (Fsp3) is 0.273. The molecule has 0 radical (unpaired) electrons. The summed E-state index contributed by atoms with van der Waals surface area (Å²) in [4.78, 5) is 17.6. The first kappa shape index (κ1) is 19.1. The molecule has 3 aromatic rings. The monoisotopic (exact) mass is 380 g/mol. The highest BCUT2D eigenvalue weighted by Crippen LogP contribution is 2.42. The SMILES string of the molecule is COc1cccc(C(c2ccccc2)C(C)(C)C(=O)Nc2nc(C)cs2)c1. The molecular formula is C22H24N2O2S. The summed E-state index contributed by atoms with van der Waals surface area (Å²) in [5, 5.41) is 5.55. The summed E-state index contributed by atoms with van der Waals surface area (Å²) in [7, 11) is 1.65. The minimum Gasteiger partial charge on any atom is -0.497 e. The molecule has 0 bridgehead atoms. The summed E-state index contributed by atoms with van der Waals surface area (Å²) in [6.45, 7) is 5.86. The zero-order valence-electron chi connectivity index (χ0n) is 16.0. The molecule has 1 amide bonds. The summed E-state index contributed by atoms with van der Waals surface area (Å²) in [6.07, 6.45) is 0. The number of carbonyl (C=O) groups excluding carboxylic acids is 1.